The largest absolute Gasteiger partial charge is 0.507 e. The summed E-state index contributed by atoms with van der Waals surface area (Å²) in [4.78, 5) is 12.9. The van der Waals surface area contributed by atoms with E-state index in [1.54, 1.807) is 12.1 Å². The highest BCUT2D eigenvalue weighted by atomic mass is 16.3. The molecule has 0 aromatic heterocycles. The molecule has 0 fully saturated rings. The van der Waals surface area contributed by atoms with E-state index in [2.05, 4.69) is 38.4 Å². The highest BCUT2D eigenvalue weighted by Gasteiger charge is 2.32. The normalized spacial score (nSPS) is 18.8. The summed E-state index contributed by atoms with van der Waals surface area (Å²) in [6, 6.07) is 1.67. The van der Waals surface area contributed by atoms with E-state index in [-0.39, 0.29) is 34.8 Å². The number of hydrogen-bond donors (Lipinski definition) is 3. The van der Waals surface area contributed by atoms with Gasteiger partial charge in [-0.1, -0.05) is 49.6 Å². The van der Waals surface area contributed by atoms with Crippen LogP contribution in [0.4, 0.5) is 0 Å². The molecule has 2 unspecified atom stereocenters. The van der Waals surface area contributed by atoms with Crippen LogP contribution in [-0.2, 0) is 6.42 Å². The molecule has 1 aliphatic rings. The maximum Gasteiger partial charge on any atom is 0.255 e. The number of benzene rings is 1. The molecule has 2 atom stereocenters. The molecule has 1 amide bonds. The van der Waals surface area contributed by atoms with E-state index < -0.39 is 0 Å². The van der Waals surface area contributed by atoms with Crippen LogP contribution >= 0.6 is 0 Å². The third-order valence-electron chi connectivity index (χ3n) is 5.80. The van der Waals surface area contributed by atoms with E-state index in [0.29, 0.717) is 24.1 Å². The fourth-order valence-corrected chi connectivity index (χ4v) is 4.23. The van der Waals surface area contributed by atoms with Crippen LogP contribution < -0.4 is 5.32 Å². The number of amides is 1. The van der Waals surface area contributed by atoms with Crippen molar-refractivity contribution in [3.63, 3.8) is 0 Å². The molecule has 0 radical (unpaired) electrons. The fraction of sp³-hybridized carbons (Fsp3) is 0.480. The molecule has 0 heterocycles. The number of carbonyl (C=O) groups excluding carboxylic acids is 1. The van der Waals surface area contributed by atoms with E-state index in [0.717, 1.165) is 37.7 Å². The number of nitrogens with one attached hydrogen (secondary N) is 1. The molecular formula is C25H35NO3. The molecule has 0 bridgehead atoms. The minimum absolute atomic E-state index is 0.0523. The molecule has 4 nitrogen and oxygen atoms in total. The molecule has 0 spiro atoms. The second-order valence-electron chi connectivity index (χ2n) is 8.18. The van der Waals surface area contributed by atoms with Gasteiger partial charge in [-0.25, -0.2) is 0 Å². The van der Waals surface area contributed by atoms with Crippen LogP contribution in [0.15, 0.2) is 42.5 Å². The summed E-state index contributed by atoms with van der Waals surface area (Å²) >= 11 is 0. The predicted octanol–water partition coefficient (Wildman–Crippen LogP) is 5.76. The average molecular weight is 398 g/mol. The van der Waals surface area contributed by atoms with Gasteiger partial charge in [0.1, 0.15) is 11.5 Å². The number of aromatic hydroxyl groups is 2. The van der Waals surface area contributed by atoms with Crippen LogP contribution in [0.3, 0.4) is 0 Å². The molecule has 1 aromatic carbocycles. The van der Waals surface area contributed by atoms with Crippen LogP contribution in [0, 0.1) is 5.92 Å². The zero-order chi connectivity index (χ0) is 21.6. The van der Waals surface area contributed by atoms with Crippen LogP contribution in [0.1, 0.15) is 80.3 Å². The summed E-state index contributed by atoms with van der Waals surface area (Å²) in [7, 11) is 0. The van der Waals surface area contributed by atoms with E-state index in [1.165, 1.54) is 5.57 Å². The first-order chi connectivity index (χ1) is 13.8. The summed E-state index contributed by atoms with van der Waals surface area (Å²) in [6.45, 7) is 14.2. The van der Waals surface area contributed by atoms with Crippen molar-refractivity contribution in [3.8, 4) is 11.5 Å². The first kappa shape index (κ1) is 22.8. The van der Waals surface area contributed by atoms with Crippen molar-refractivity contribution in [3.05, 3.63) is 59.2 Å². The maximum absolute atomic E-state index is 12.9. The Kier molecular flexibility index (Phi) is 8.12. The molecule has 0 aliphatic heterocycles. The predicted molar refractivity (Wildman–Crippen MR) is 120 cm³/mol. The highest BCUT2D eigenvalue weighted by Crippen LogP contribution is 2.48. The van der Waals surface area contributed by atoms with Gasteiger partial charge in [0.25, 0.3) is 5.91 Å². The molecule has 2 rings (SSSR count). The molecule has 1 aromatic rings. The minimum Gasteiger partial charge on any atom is -0.507 e. The van der Waals surface area contributed by atoms with Gasteiger partial charge in [0.05, 0.1) is 5.56 Å². The lowest BCUT2D eigenvalue weighted by atomic mass is 9.73. The highest BCUT2D eigenvalue weighted by molar-refractivity contribution is 5.99. The van der Waals surface area contributed by atoms with Gasteiger partial charge >= 0.3 is 0 Å². The third kappa shape index (κ3) is 5.31. The molecule has 3 N–H and O–H groups in total. The molecule has 0 saturated carbocycles. The van der Waals surface area contributed by atoms with Crippen molar-refractivity contribution >= 4 is 5.91 Å². The summed E-state index contributed by atoms with van der Waals surface area (Å²) in [5.41, 5.74) is 3.62. The SMILES string of the molecule is C=CCNC(=O)c1c(CCCCC)cc(O)c(C2C=C(C)CCC2C(=C)C)c1O. The van der Waals surface area contributed by atoms with E-state index in [9.17, 15) is 15.0 Å². The number of unbranched alkanes of at least 4 members (excludes halogenated alkanes) is 2. The van der Waals surface area contributed by atoms with Gasteiger partial charge in [-0.05, 0) is 57.1 Å². The Morgan fingerprint density at radius 1 is 1.34 bits per heavy atom. The first-order valence-corrected chi connectivity index (χ1v) is 10.6. The lowest BCUT2D eigenvalue weighted by molar-refractivity contribution is 0.0954. The summed E-state index contributed by atoms with van der Waals surface area (Å²) in [6.07, 6.45) is 9.20. The number of aryl methyl sites for hydroxylation is 1. The van der Waals surface area contributed by atoms with Crippen molar-refractivity contribution in [1.82, 2.24) is 5.32 Å². The maximum atomic E-state index is 12.9. The van der Waals surface area contributed by atoms with Crippen LogP contribution in [0.2, 0.25) is 0 Å². The molecule has 0 saturated heterocycles. The van der Waals surface area contributed by atoms with Crippen LogP contribution in [-0.4, -0.2) is 22.7 Å². The molecule has 4 heteroatoms. The van der Waals surface area contributed by atoms with E-state index >= 15 is 0 Å². The topological polar surface area (TPSA) is 69.6 Å². The van der Waals surface area contributed by atoms with Gasteiger partial charge in [0, 0.05) is 18.0 Å². The number of phenols is 2. The average Bonchev–Trinajstić information content (AvgIpc) is 2.66. The smallest absolute Gasteiger partial charge is 0.255 e. The lowest BCUT2D eigenvalue weighted by Gasteiger charge is -2.32. The van der Waals surface area contributed by atoms with Gasteiger partial charge < -0.3 is 15.5 Å². The zero-order valence-corrected chi connectivity index (χ0v) is 18.1. The Morgan fingerprint density at radius 3 is 2.69 bits per heavy atom. The minimum atomic E-state index is -0.335. The summed E-state index contributed by atoms with van der Waals surface area (Å²) in [5.74, 6) is -0.474. The molecule has 29 heavy (non-hydrogen) atoms. The van der Waals surface area contributed by atoms with E-state index in [1.807, 2.05) is 6.92 Å². The van der Waals surface area contributed by atoms with E-state index in [4.69, 9.17) is 0 Å². The van der Waals surface area contributed by atoms with Gasteiger partial charge in [-0.2, -0.15) is 0 Å². The fourth-order valence-electron chi connectivity index (χ4n) is 4.23. The zero-order valence-electron chi connectivity index (χ0n) is 18.1. The number of hydrogen-bond acceptors (Lipinski definition) is 3. The summed E-state index contributed by atoms with van der Waals surface area (Å²) < 4.78 is 0. The molecular weight excluding hydrogens is 362 g/mol. The second kappa shape index (κ2) is 10.3. The van der Waals surface area contributed by atoms with Crippen LogP contribution in [0.25, 0.3) is 0 Å². The van der Waals surface area contributed by atoms with Gasteiger partial charge in [-0.15, -0.1) is 6.58 Å². The number of phenolic OH excluding ortho intramolecular Hbond substituents is 2. The lowest BCUT2D eigenvalue weighted by Crippen LogP contribution is -2.25. The van der Waals surface area contributed by atoms with Gasteiger partial charge in [0.15, 0.2) is 0 Å². The van der Waals surface area contributed by atoms with Crippen molar-refractivity contribution in [1.29, 1.82) is 0 Å². The standard InChI is InChI=1S/C25H35NO3/c1-6-8-9-10-18-15-21(27)23(24(28)22(18)25(29)26-13-7-2)20-14-17(5)11-12-19(20)16(3)4/h7,14-15,19-20,27-28H,2-3,6,8-13H2,1,4-5H3,(H,26,29). The Balaban J connectivity index is 2.60. The Hall–Kier alpha value is -2.49. The van der Waals surface area contributed by atoms with Crippen LogP contribution in [0.5, 0.6) is 11.5 Å². The second-order valence-corrected chi connectivity index (χ2v) is 8.18. The summed E-state index contributed by atoms with van der Waals surface area (Å²) in [5, 5.41) is 24.9. The van der Waals surface area contributed by atoms with Crippen molar-refractivity contribution in [2.75, 3.05) is 6.54 Å². The Labute approximate surface area is 175 Å². The quantitative estimate of drug-likeness (QED) is 0.366. The third-order valence-corrected chi connectivity index (χ3v) is 5.80. The number of allylic oxidation sites excluding steroid dienone is 3. The van der Waals surface area contributed by atoms with Crippen molar-refractivity contribution in [2.45, 2.75) is 65.2 Å². The van der Waals surface area contributed by atoms with Crippen molar-refractivity contribution < 1.29 is 15.0 Å². The van der Waals surface area contributed by atoms with Gasteiger partial charge in [0.2, 0.25) is 0 Å². The Bertz CT molecular complexity index is 807. The first-order valence-electron chi connectivity index (χ1n) is 10.6. The van der Waals surface area contributed by atoms with Gasteiger partial charge in [-0.3, -0.25) is 4.79 Å². The monoisotopic (exact) mass is 397 g/mol. The number of rotatable bonds is 9. The number of carbonyl (C=O) groups is 1. The molecule has 158 valence electrons. The van der Waals surface area contributed by atoms with Crippen molar-refractivity contribution in [2.24, 2.45) is 5.92 Å². The Morgan fingerprint density at radius 2 is 2.07 bits per heavy atom. The molecule has 1 aliphatic carbocycles.